The standard InChI is InChI=1S/C16H27ClN4OS/c1-3-18-16(19-10-13(2)12-22)21-8-6-20(7-9-21)11-14-4-5-15(17)23-14/h4-5,13,22H,3,6-12H2,1-2H3,(H,18,19). The van der Waals surface area contributed by atoms with Crippen molar-refractivity contribution in [2.24, 2.45) is 10.9 Å². The molecule has 2 rings (SSSR count). The highest BCUT2D eigenvalue weighted by atomic mass is 35.5. The quantitative estimate of drug-likeness (QED) is 0.604. The molecule has 0 aliphatic carbocycles. The van der Waals surface area contributed by atoms with Crippen LogP contribution in [0.4, 0.5) is 0 Å². The fourth-order valence-corrected chi connectivity index (χ4v) is 3.63. The number of halogens is 1. The van der Waals surface area contributed by atoms with E-state index >= 15 is 0 Å². The molecule has 1 fully saturated rings. The van der Waals surface area contributed by atoms with Crippen LogP contribution in [0, 0.1) is 5.92 Å². The highest BCUT2D eigenvalue weighted by Gasteiger charge is 2.20. The Balaban J connectivity index is 1.85. The summed E-state index contributed by atoms with van der Waals surface area (Å²) >= 11 is 7.66. The number of hydrogen-bond acceptors (Lipinski definition) is 4. The van der Waals surface area contributed by atoms with Gasteiger partial charge in [-0.15, -0.1) is 11.3 Å². The Morgan fingerprint density at radius 1 is 1.39 bits per heavy atom. The van der Waals surface area contributed by atoms with Gasteiger partial charge in [0.05, 0.1) is 4.34 Å². The molecule has 2 N–H and O–H groups in total. The van der Waals surface area contributed by atoms with Crippen molar-refractivity contribution in [2.45, 2.75) is 20.4 Å². The second kappa shape index (κ2) is 9.47. The van der Waals surface area contributed by atoms with Crippen LogP contribution in [0.5, 0.6) is 0 Å². The van der Waals surface area contributed by atoms with Gasteiger partial charge in [-0.2, -0.15) is 0 Å². The molecule has 1 unspecified atom stereocenters. The van der Waals surface area contributed by atoms with Crippen LogP contribution in [0.1, 0.15) is 18.7 Å². The van der Waals surface area contributed by atoms with Crippen LogP contribution in [0.25, 0.3) is 0 Å². The Kier molecular flexibility index (Phi) is 7.62. The second-order valence-corrected chi connectivity index (χ2v) is 7.75. The van der Waals surface area contributed by atoms with E-state index in [1.165, 1.54) is 4.88 Å². The van der Waals surface area contributed by atoms with Gasteiger partial charge in [0.15, 0.2) is 5.96 Å². The predicted octanol–water partition coefficient (Wildman–Crippen LogP) is 2.11. The van der Waals surface area contributed by atoms with E-state index in [1.807, 2.05) is 13.0 Å². The largest absolute Gasteiger partial charge is 0.396 e. The molecule has 23 heavy (non-hydrogen) atoms. The summed E-state index contributed by atoms with van der Waals surface area (Å²) < 4.78 is 0.859. The SMILES string of the molecule is CCNC(=NCC(C)CO)N1CCN(Cc2ccc(Cl)s2)CC1. The number of hydrogen-bond donors (Lipinski definition) is 2. The number of aliphatic hydroxyl groups excluding tert-OH is 1. The first-order chi connectivity index (χ1) is 11.1. The van der Waals surface area contributed by atoms with Crippen LogP contribution in [-0.2, 0) is 6.54 Å². The predicted molar refractivity (Wildman–Crippen MR) is 98.4 cm³/mol. The molecule has 1 aromatic rings. The lowest BCUT2D eigenvalue weighted by molar-refractivity contribution is 0.173. The van der Waals surface area contributed by atoms with Crippen molar-refractivity contribution in [3.63, 3.8) is 0 Å². The van der Waals surface area contributed by atoms with Crippen LogP contribution >= 0.6 is 22.9 Å². The maximum Gasteiger partial charge on any atom is 0.194 e. The molecular weight excluding hydrogens is 332 g/mol. The highest BCUT2D eigenvalue weighted by Crippen LogP contribution is 2.23. The number of thiophene rings is 1. The van der Waals surface area contributed by atoms with Crippen LogP contribution in [0.2, 0.25) is 4.34 Å². The van der Waals surface area contributed by atoms with E-state index in [0.29, 0.717) is 6.54 Å². The maximum absolute atomic E-state index is 9.15. The molecule has 1 aliphatic rings. The minimum Gasteiger partial charge on any atom is -0.396 e. The van der Waals surface area contributed by atoms with Gasteiger partial charge in [0.1, 0.15) is 0 Å². The Morgan fingerprint density at radius 2 is 2.13 bits per heavy atom. The van der Waals surface area contributed by atoms with E-state index in [0.717, 1.165) is 49.6 Å². The monoisotopic (exact) mass is 358 g/mol. The van der Waals surface area contributed by atoms with E-state index in [-0.39, 0.29) is 12.5 Å². The minimum atomic E-state index is 0.181. The molecule has 1 atom stereocenters. The van der Waals surface area contributed by atoms with Gasteiger partial charge in [-0.25, -0.2) is 0 Å². The van der Waals surface area contributed by atoms with Crippen LogP contribution < -0.4 is 5.32 Å². The molecule has 1 saturated heterocycles. The van der Waals surface area contributed by atoms with Gasteiger partial charge in [-0.05, 0) is 25.0 Å². The minimum absolute atomic E-state index is 0.181. The fourth-order valence-electron chi connectivity index (χ4n) is 2.50. The van der Waals surface area contributed by atoms with E-state index in [2.05, 4.69) is 33.1 Å². The number of rotatable bonds is 6. The third-order valence-electron chi connectivity index (χ3n) is 3.88. The molecule has 0 amide bonds. The van der Waals surface area contributed by atoms with Gasteiger partial charge in [0.25, 0.3) is 0 Å². The molecule has 1 aliphatic heterocycles. The third kappa shape index (κ3) is 5.95. The number of aliphatic hydroxyl groups is 1. The van der Waals surface area contributed by atoms with Gasteiger partial charge >= 0.3 is 0 Å². The lowest BCUT2D eigenvalue weighted by Crippen LogP contribution is -2.52. The average Bonchev–Trinajstić information content (AvgIpc) is 2.97. The van der Waals surface area contributed by atoms with Crippen molar-refractivity contribution in [2.75, 3.05) is 45.9 Å². The zero-order valence-electron chi connectivity index (χ0n) is 14.0. The lowest BCUT2D eigenvalue weighted by Gasteiger charge is -2.36. The van der Waals surface area contributed by atoms with Crippen LogP contribution in [0.3, 0.4) is 0 Å². The van der Waals surface area contributed by atoms with E-state index in [1.54, 1.807) is 11.3 Å². The van der Waals surface area contributed by atoms with Gasteiger partial charge in [-0.1, -0.05) is 18.5 Å². The molecule has 2 heterocycles. The molecule has 0 bridgehead atoms. The molecule has 0 radical (unpaired) electrons. The van der Waals surface area contributed by atoms with Crippen molar-refractivity contribution in [3.05, 3.63) is 21.3 Å². The summed E-state index contributed by atoms with van der Waals surface area (Å²) in [7, 11) is 0. The molecule has 0 aromatic carbocycles. The zero-order chi connectivity index (χ0) is 16.7. The molecule has 1 aromatic heterocycles. The molecular formula is C16H27ClN4OS. The summed E-state index contributed by atoms with van der Waals surface area (Å²) in [5.41, 5.74) is 0. The Hall–Kier alpha value is -0.820. The number of guanidine groups is 1. The maximum atomic E-state index is 9.15. The topological polar surface area (TPSA) is 51.1 Å². The zero-order valence-corrected chi connectivity index (χ0v) is 15.5. The number of nitrogens with one attached hydrogen (secondary N) is 1. The first-order valence-corrected chi connectivity index (χ1v) is 9.42. The third-order valence-corrected chi connectivity index (χ3v) is 5.10. The van der Waals surface area contributed by atoms with Gasteiger partial charge in [0.2, 0.25) is 0 Å². The second-order valence-electron chi connectivity index (χ2n) is 5.95. The first-order valence-electron chi connectivity index (χ1n) is 8.23. The molecule has 7 heteroatoms. The summed E-state index contributed by atoms with van der Waals surface area (Å²) in [6.07, 6.45) is 0. The van der Waals surface area contributed by atoms with Gasteiger partial charge in [-0.3, -0.25) is 9.89 Å². The van der Waals surface area contributed by atoms with E-state index in [9.17, 15) is 0 Å². The molecule has 0 saturated carbocycles. The Morgan fingerprint density at radius 3 is 2.70 bits per heavy atom. The number of nitrogens with zero attached hydrogens (tertiary/aromatic N) is 3. The fraction of sp³-hybridized carbons (Fsp3) is 0.688. The number of piperazine rings is 1. The van der Waals surface area contributed by atoms with Crippen molar-refractivity contribution < 1.29 is 5.11 Å². The van der Waals surface area contributed by atoms with E-state index in [4.69, 9.17) is 16.7 Å². The lowest BCUT2D eigenvalue weighted by atomic mass is 10.2. The molecule has 130 valence electrons. The number of aliphatic imine (C=N–C) groups is 1. The summed E-state index contributed by atoms with van der Waals surface area (Å²) in [4.78, 5) is 10.7. The Bertz CT molecular complexity index is 500. The molecule has 5 nitrogen and oxygen atoms in total. The van der Waals surface area contributed by atoms with Gasteiger partial charge < -0.3 is 15.3 Å². The average molecular weight is 359 g/mol. The summed E-state index contributed by atoms with van der Waals surface area (Å²) in [5, 5.41) is 12.5. The molecule has 0 spiro atoms. The first kappa shape index (κ1) is 18.5. The van der Waals surface area contributed by atoms with Crippen molar-refractivity contribution >= 4 is 28.9 Å². The van der Waals surface area contributed by atoms with Crippen molar-refractivity contribution in [1.82, 2.24) is 15.1 Å². The van der Waals surface area contributed by atoms with Crippen LogP contribution in [0.15, 0.2) is 17.1 Å². The van der Waals surface area contributed by atoms with E-state index < -0.39 is 0 Å². The van der Waals surface area contributed by atoms with Crippen LogP contribution in [-0.4, -0.2) is 66.7 Å². The highest BCUT2D eigenvalue weighted by molar-refractivity contribution is 7.16. The van der Waals surface area contributed by atoms with Gasteiger partial charge in [0, 0.05) is 57.3 Å². The summed E-state index contributed by atoms with van der Waals surface area (Å²) in [5.74, 6) is 1.17. The summed E-state index contributed by atoms with van der Waals surface area (Å²) in [6.45, 7) is 10.8. The smallest absolute Gasteiger partial charge is 0.194 e. The summed E-state index contributed by atoms with van der Waals surface area (Å²) in [6, 6.07) is 4.08. The Labute approximate surface area is 148 Å². The normalized spacial score (nSPS) is 18.3. The van der Waals surface area contributed by atoms with Crippen molar-refractivity contribution in [3.8, 4) is 0 Å². The van der Waals surface area contributed by atoms with Crippen molar-refractivity contribution in [1.29, 1.82) is 0 Å².